The Morgan fingerprint density at radius 1 is 0.895 bits per heavy atom. The van der Waals surface area contributed by atoms with Crippen LogP contribution in [0.25, 0.3) is 23.1 Å². The molecule has 0 bridgehead atoms. The van der Waals surface area contributed by atoms with Gasteiger partial charge in [0, 0.05) is 18.0 Å². The standard InChI is InChI=1S/C31H30FNO5/c32-26-9-1-5-23(19-26)6-4-18-38-27-16-13-22(14-17-27)12-15-24-7-2-10-28-25(8-3-11-29(34)35)20-33(31(24)28)21-30(36)37/h1-2,5,7,9-10,12-17,19-20H,3-4,6,8,11,18,21H2,(H,34,35)(H,36,37)/b15-12+. The number of aryl methyl sites for hydroxylation is 2. The number of aliphatic carboxylic acids is 2. The lowest BCUT2D eigenvalue weighted by atomic mass is 10.0. The Kier molecular flexibility index (Phi) is 8.93. The second-order valence-corrected chi connectivity index (χ2v) is 9.15. The molecule has 38 heavy (non-hydrogen) atoms. The fourth-order valence-electron chi connectivity index (χ4n) is 4.52. The molecule has 0 unspecified atom stereocenters. The second-order valence-electron chi connectivity index (χ2n) is 9.15. The number of carboxylic acids is 2. The van der Waals surface area contributed by atoms with Crippen LogP contribution in [0.2, 0.25) is 0 Å². The molecule has 0 spiro atoms. The molecular weight excluding hydrogens is 485 g/mol. The van der Waals surface area contributed by atoms with Crippen molar-refractivity contribution < 1.29 is 28.9 Å². The quantitative estimate of drug-likeness (QED) is 0.158. The van der Waals surface area contributed by atoms with Gasteiger partial charge in [-0.05, 0) is 72.2 Å². The summed E-state index contributed by atoms with van der Waals surface area (Å²) in [5.41, 5.74) is 4.55. The number of carboxylic acid groups (broad SMARTS) is 2. The van der Waals surface area contributed by atoms with Crippen LogP contribution in [0.15, 0.2) is 72.9 Å². The Balaban J connectivity index is 1.43. The molecule has 1 heterocycles. The van der Waals surface area contributed by atoms with E-state index in [9.17, 15) is 19.1 Å². The highest BCUT2D eigenvalue weighted by Crippen LogP contribution is 2.28. The highest BCUT2D eigenvalue weighted by atomic mass is 19.1. The van der Waals surface area contributed by atoms with Gasteiger partial charge in [-0.2, -0.15) is 0 Å². The van der Waals surface area contributed by atoms with Crippen molar-refractivity contribution in [3.63, 3.8) is 0 Å². The lowest BCUT2D eigenvalue weighted by molar-refractivity contribution is -0.138. The van der Waals surface area contributed by atoms with Gasteiger partial charge in [-0.1, -0.05) is 54.6 Å². The smallest absolute Gasteiger partial charge is 0.323 e. The zero-order valence-electron chi connectivity index (χ0n) is 21.0. The van der Waals surface area contributed by atoms with Crippen LogP contribution >= 0.6 is 0 Å². The topological polar surface area (TPSA) is 88.8 Å². The SMILES string of the molecule is O=C(O)CCCc1cn(CC(=O)O)c2c(/C=C/c3ccc(OCCCc4cccc(F)c4)cc3)cccc12. The zero-order valence-corrected chi connectivity index (χ0v) is 21.0. The average Bonchev–Trinajstić information content (AvgIpc) is 3.23. The molecule has 2 N–H and O–H groups in total. The van der Waals surface area contributed by atoms with Gasteiger partial charge in [0.05, 0.1) is 12.1 Å². The van der Waals surface area contributed by atoms with Crippen molar-refractivity contribution in [1.29, 1.82) is 0 Å². The Morgan fingerprint density at radius 3 is 2.42 bits per heavy atom. The predicted molar refractivity (Wildman–Crippen MR) is 146 cm³/mol. The van der Waals surface area contributed by atoms with Gasteiger partial charge in [-0.15, -0.1) is 0 Å². The first kappa shape index (κ1) is 26.7. The monoisotopic (exact) mass is 515 g/mol. The number of carbonyl (C=O) groups is 2. The van der Waals surface area contributed by atoms with Crippen LogP contribution < -0.4 is 4.74 Å². The summed E-state index contributed by atoms with van der Waals surface area (Å²) >= 11 is 0. The number of hydrogen-bond acceptors (Lipinski definition) is 3. The van der Waals surface area contributed by atoms with Crippen molar-refractivity contribution >= 4 is 35.0 Å². The van der Waals surface area contributed by atoms with Crippen LogP contribution in [0.5, 0.6) is 5.75 Å². The maximum absolute atomic E-state index is 13.3. The van der Waals surface area contributed by atoms with Gasteiger partial charge in [-0.25, -0.2) is 4.39 Å². The summed E-state index contributed by atoms with van der Waals surface area (Å²) in [7, 11) is 0. The molecule has 0 amide bonds. The van der Waals surface area contributed by atoms with Crippen molar-refractivity contribution in [3.8, 4) is 5.75 Å². The number of rotatable bonds is 13. The summed E-state index contributed by atoms with van der Waals surface area (Å²) in [5.74, 6) is -1.26. The van der Waals surface area contributed by atoms with E-state index in [0.29, 0.717) is 19.4 Å². The van der Waals surface area contributed by atoms with E-state index in [1.165, 1.54) is 6.07 Å². The number of ether oxygens (including phenoxy) is 1. The lowest BCUT2D eigenvalue weighted by Gasteiger charge is -2.07. The molecule has 1 aromatic heterocycles. The van der Waals surface area contributed by atoms with Crippen molar-refractivity contribution in [3.05, 3.63) is 101 Å². The van der Waals surface area contributed by atoms with E-state index in [-0.39, 0.29) is 18.8 Å². The fraction of sp³-hybridized carbons (Fsp3) is 0.226. The van der Waals surface area contributed by atoms with Crippen molar-refractivity contribution in [2.24, 2.45) is 0 Å². The molecule has 3 aromatic carbocycles. The third kappa shape index (κ3) is 7.32. The Bertz CT molecular complexity index is 1440. The number of aromatic nitrogens is 1. The number of nitrogens with zero attached hydrogens (tertiary/aromatic N) is 1. The molecule has 6 nitrogen and oxygen atoms in total. The number of benzene rings is 3. The van der Waals surface area contributed by atoms with Gasteiger partial charge < -0.3 is 19.5 Å². The number of halogens is 1. The van der Waals surface area contributed by atoms with Crippen LogP contribution in [0.1, 0.15) is 41.5 Å². The van der Waals surface area contributed by atoms with Crippen LogP contribution in [-0.2, 0) is 29.0 Å². The minimum atomic E-state index is -0.940. The van der Waals surface area contributed by atoms with E-state index >= 15 is 0 Å². The maximum Gasteiger partial charge on any atom is 0.323 e. The van der Waals surface area contributed by atoms with E-state index in [0.717, 1.165) is 51.7 Å². The summed E-state index contributed by atoms with van der Waals surface area (Å²) in [4.78, 5) is 22.4. The van der Waals surface area contributed by atoms with Crippen molar-refractivity contribution in [1.82, 2.24) is 4.57 Å². The molecule has 0 aliphatic carbocycles. The first-order valence-corrected chi connectivity index (χ1v) is 12.6. The molecule has 0 aliphatic rings. The summed E-state index contributed by atoms with van der Waals surface area (Å²) in [5, 5.41) is 19.3. The summed E-state index contributed by atoms with van der Waals surface area (Å²) < 4.78 is 20.8. The number of hydrogen-bond donors (Lipinski definition) is 2. The first-order valence-electron chi connectivity index (χ1n) is 12.6. The van der Waals surface area contributed by atoms with Crippen LogP contribution in [0, 0.1) is 5.82 Å². The molecule has 0 saturated carbocycles. The lowest BCUT2D eigenvalue weighted by Crippen LogP contribution is -2.07. The largest absolute Gasteiger partial charge is 0.494 e. The highest BCUT2D eigenvalue weighted by Gasteiger charge is 2.13. The molecule has 0 saturated heterocycles. The van der Waals surface area contributed by atoms with Crippen LogP contribution in [-0.4, -0.2) is 33.3 Å². The van der Waals surface area contributed by atoms with Crippen molar-refractivity contribution in [2.75, 3.05) is 6.61 Å². The maximum atomic E-state index is 13.3. The van der Waals surface area contributed by atoms with E-state index in [2.05, 4.69) is 0 Å². The van der Waals surface area contributed by atoms with Crippen LogP contribution in [0.3, 0.4) is 0 Å². The number of fused-ring (bicyclic) bond motifs is 1. The third-order valence-electron chi connectivity index (χ3n) is 6.26. The highest BCUT2D eigenvalue weighted by molar-refractivity contribution is 5.94. The summed E-state index contributed by atoms with van der Waals surface area (Å²) in [6.45, 7) is 0.356. The minimum Gasteiger partial charge on any atom is -0.494 e. The first-order chi connectivity index (χ1) is 18.4. The molecule has 7 heteroatoms. The van der Waals surface area contributed by atoms with Gasteiger partial charge in [0.2, 0.25) is 0 Å². The van der Waals surface area contributed by atoms with Gasteiger partial charge >= 0.3 is 11.9 Å². The second kappa shape index (κ2) is 12.7. The molecule has 0 aliphatic heterocycles. The zero-order chi connectivity index (χ0) is 26.9. The van der Waals surface area contributed by atoms with E-state index in [1.807, 2.05) is 66.9 Å². The van der Waals surface area contributed by atoms with Gasteiger partial charge in [0.15, 0.2) is 0 Å². The van der Waals surface area contributed by atoms with Crippen molar-refractivity contribution in [2.45, 2.75) is 38.6 Å². The van der Waals surface area contributed by atoms with Gasteiger partial charge in [0.1, 0.15) is 18.1 Å². The molecule has 0 radical (unpaired) electrons. The molecule has 0 fully saturated rings. The van der Waals surface area contributed by atoms with E-state index in [4.69, 9.17) is 9.84 Å². The number of para-hydroxylation sites is 1. The Hall–Kier alpha value is -4.39. The Labute approximate surface area is 220 Å². The van der Waals surface area contributed by atoms with Gasteiger partial charge in [-0.3, -0.25) is 9.59 Å². The van der Waals surface area contributed by atoms with E-state index < -0.39 is 11.9 Å². The minimum absolute atomic E-state index is 0.0674. The third-order valence-corrected chi connectivity index (χ3v) is 6.26. The Morgan fingerprint density at radius 2 is 1.68 bits per heavy atom. The molecule has 0 atom stereocenters. The van der Waals surface area contributed by atoms with E-state index in [1.54, 1.807) is 16.7 Å². The fourth-order valence-corrected chi connectivity index (χ4v) is 4.52. The van der Waals surface area contributed by atoms with Gasteiger partial charge in [0.25, 0.3) is 0 Å². The molecule has 4 aromatic rings. The molecule has 196 valence electrons. The normalized spacial score (nSPS) is 11.3. The molecule has 4 rings (SSSR count). The summed E-state index contributed by atoms with van der Waals surface area (Å²) in [6, 6.07) is 20.1. The summed E-state index contributed by atoms with van der Waals surface area (Å²) in [6.07, 6.45) is 8.38. The molecular formula is C31H30FNO5. The van der Waals surface area contributed by atoms with Crippen LogP contribution in [0.4, 0.5) is 4.39 Å². The predicted octanol–water partition coefficient (Wildman–Crippen LogP) is 6.45. The average molecular weight is 516 g/mol.